The lowest BCUT2D eigenvalue weighted by atomic mass is 10.4. The monoisotopic (exact) mass is 267 g/mol. The van der Waals surface area contributed by atoms with E-state index in [1.54, 1.807) is 11.8 Å². The van der Waals surface area contributed by atoms with Crippen LogP contribution >= 0.6 is 23.4 Å². The number of nitrogen functional groups attached to an aromatic ring is 2. The fourth-order valence-corrected chi connectivity index (χ4v) is 2.08. The number of anilines is 2. The van der Waals surface area contributed by atoms with Crippen LogP contribution in [0.3, 0.4) is 0 Å². The molecule has 0 unspecified atom stereocenters. The molecule has 7 heteroatoms. The molecule has 17 heavy (non-hydrogen) atoms. The van der Waals surface area contributed by atoms with Crippen molar-refractivity contribution in [3.63, 3.8) is 0 Å². The van der Waals surface area contributed by atoms with E-state index in [2.05, 4.69) is 15.0 Å². The molecule has 0 spiro atoms. The van der Waals surface area contributed by atoms with E-state index in [9.17, 15) is 0 Å². The minimum Gasteiger partial charge on any atom is -0.368 e. The Morgan fingerprint density at radius 3 is 2.18 bits per heavy atom. The topological polar surface area (TPSA) is 90.7 Å². The molecule has 0 saturated carbocycles. The molecule has 0 aliphatic heterocycles. The van der Waals surface area contributed by atoms with E-state index in [-0.39, 0.29) is 11.9 Å². The maximum absolute atomic E-state index is 5.80. The first kappa shape index (κ1) is 11.9. The summed E-state index contributed by atoms with van der Waals surface area (Å²) in [6, 6.07) is 7.53. The molecule has 0 atom stereocenters. The van der Waals surface area contributed by atoms with Gasteiger partial charge in [-0.15, -0.1) is 11.8 Å². The van der Waals surface area contributed by atoms with E-state index >= 15 is 0 Å². The first-order valence-corrected chi connectivity index (χ1v) is 6.14. The minimum absolute atomic E-state index is 0.143. The number of thioether (sulfide) groups is 1. The molecule has 0 aliphatic carbocycles. The molecule has 2 aromatic rings. The van der Waals surface area contributed by atoms with Crippen LogP contribution in [0.25, 0.3) is 0 Å². The van der Waals surface area contributed by atoms with Crippen molar-refractivity contribution in [3.05, 3.63) is 35.1 Å². The van der Waals surface area contributed by atoms with E-state index in [4.69, 9.17) is 23.1 Å². The van der Waals surface area contributed by atoms with Crippen molar-refractivity contribution in [2.75, 3.05) is 11.5 Å². The Morgan fingerprint density at radius 2 is 1.59 bits per heavy atom. The number of nitrogens with zero attached hydrogens (tertiary/aromatic N) is 3. The molecule has 1 heterocycles. The van der Waals surface area contributed by atoms with Gasteiger partial charge in [-0.1, -0.05) is 11.6 Å². The number of aromatic nitrogens is 3. The summed E-state index contributed by atoms with van der Waals surface area (Å²) in [5.41, 5.74) is 11.0. The van der Waals surface area contributed by atoms with Crippen molar-refractivity contribution >= 4 is 35.3 Å². The quantitative estimate of drug-likeness (QED) is 0.827. The van der Waals surface area contributed by atoms with Gasteiger partial charge in [0.15, 0.2) is 0 Å². The van der Waals surface area contributed by atoms with Gasteiger partial charge in [0.1, 0.15) is 5.82 Å². The van der Waals surface area contributed by atoms with Crippen LogP contribution in [0.4, 0.5) is 11.9 Å². The van der Waals surface area contributed by atoms with Crippen LogP contribution < -0.4 is 11.5 Å². The van der Waals surface area contributed by atoms with Gasteiger partial charge in [-0.2, -0.15) is 15.0 Å². The summed E-state index contributed by atoms with van der Waals surface area (Å²) >= 11 is 7.37. The van der Waals surface area contributed by atoms with E-state index in [1.165, 1.54) is 0 Å². The lowest BCUT2D eigenvalue weighted by Gasteiger charge is -2.02. The molecule has 1 aromatic carbocycles. The van der Waals surface area contributed by atoms with Crippen LogP contribution in [0.1, 0.15) is 5.82 Å². The lowest BCUT2D eigenvalue weighted by Crippen LogP contribution is -2.05. The fraction of sp³-hybridized carbons (Fsp3) is 0.100. The van der Waals surface area contributed by atoms with E-state index < -0.39 is 0 Å². The molecule has 0 amide bonds. The number of benzene rings is 1. The average Bonchev–Trinajstić information content (AvgIpc) is 2.27. The first-order chi connectivity index (χ1) is 8.13. The Hall–Kier alpha value is -1.53. The number of rotatable bonds is 3. The standard InChI is InChI=1S/C10H10ClN5S/c11-6-1-3-7(4-2-6)17-5-8-14-9(12)16-10(13)15-8/h1-4H,5H2,(H4,12,13,14,15,16). The summed E-state index contributed by atoms with van der Waals surface area (Å²) in [6.07, 6.45) is 0. The van der Waals surface area contributed by atoms with Gasteiger partial charge < -0.3 is 11.5 Å². The van der Waals surface area contributed by atoms with Crippen molar-refractivity contribution in [3.8, 4) is 0 Å². The number of nitrogens with two attached hydrogens (primary N) is 2. The summed E-state index contributed by atoms with van der Waals surface area (Å²) in [5.74, 6) is 1.43. The van der Waals surface area contributed by atoms with Crippen molar-refractivity contribution in [2.45, 2.75) is 10.6 Å². The summed E-state index contributed by atoms with van der Waals surface area (Å²) in [5, 5.41) is 0.711. The van der Waals surface area contributed by atoms with Gasteiger partial charge in [-0.05, 0) is 24.3 Å². The molecule has 2 rings (SSSR count). The van der Waals surface area contributed by atoms with Crippen LogP contribution in [-0.2, 0) is 5.75 Å². The molecule has 5 nitrogen and oxygen atoms in total. The van der Waals surface area contributed by atoms with Gasteiger partial charge in [-0.3, -0.25) is 0 Å². The maximum atomic E-state index is 5.80. The molecule has 88 valence electrons. The molecule has 0 bridgehead atoms. The highest BCUT2D eigenvalue weighted by atomic mass is 35.5. The highest BCUT2D eigenvalue weighted by Crippen LogP contribution is 2.23. The lowest BCUT2D eigenvalue weighted by molar-refractivity contribution is 0.988. The summed E-state index contributed by atoms with van der Waals surface area (Å²) in [7, 11) is 0. The second kappa shape index (κ2) is 5.20. The van der Waals surface area contributed by atoms with Crippen molar-refractivity contribution < 1.29 is 0 Å². The third-order valence-corrected chi connectivity index (χ3v) is 3.16. The predicted octanol–water partition coefficient (Wildman–Crippen LogP) is 1.98. The summed E-state index contributed by atoms with van der Waals surface area (Å²) in [6.45, 7) is 0. The normalized spacial score (nSPS) is 10.4. The van der Waals surface area contributed by atoms with Gasteiger partial charge in [0.2, 0.25) is 11.9 Å². The number of halogens is 1. The Morgan fingerprint density at radius 1 is 1.00 bits per heavy atom. The van der Waals surface area contributed by atoms with Crippen LogP contribution in [0.15, 0.2) is 29.2 Å². The average molecular weight is 268 g/mol. The van der Waals surface area contributed by atoms with Gasteiger partial charge in [0.25, 0.3) is 0 Å². The molecule has 4 N–H and O–H groups in total. The Labute approximate surface area is 108 Å². The molecular formula is C10H10ClN5S. The second-order valence-corrected chi connectivity index (χ2v) is 4.70. The molecule has 0 aliphatic rings. The highest BCUT2D eigenvalue weighted by molar-refractivity contribution is 7.98. The molecule has 1 aromatic heterocycles. The maximum Gasteiger partial charge on any atom is 0.225 e. The molecule has 0 radical (unpaired) electrons. The van der Waals surface area contributed by atoms with E-state index in [0.717, 1.165) is 4.90 Å². The third kappa shape index (κ3) is 3.47. The fourth-order valence-electron chi connectivity index (χ4n) is 1.20. The van der Waals surface area contributed by atoms with E-state index in [1.807, 2.05) is 24.3 Å². The minimum atomic E-state index is 0.143. The van der Waals surface area contributed by atoms with Gasteiger partial charge in [0, 0.05) is 9.92 Å². The zero-order chi connectivity index (χ0) is 12.3. The van der Waals surface area contributed by atoms with Gasteiger partial charge in [0.05, 0.1) is 5.75 Å². The zero-order valence-electron chi connectivity index (χ0n) is 8.80. The van der Waals surface area contributed by atoms with Crippen molar-refractivity contribution in [1.82, 2.24) is 15.0 Å². The predicted molar refractivity (Wildman–Crippen MR) is 69.7 cm³/mol. The van der Waals surface area contributed by atoms with Crippen LogP contribution in [0.5, 0.6) is 0 Å². The van der Waals surface area contributed by atoms with Crippen molar-refractivity contribution in [1.29, 1.82) is 0 Å². The SMILES string of the molecule is Nc1nc(N)nc(CSc2ccc(Cl)cc2)n1. The van der Waals surface area contributed by atoms with Crippen LogP contribution in [0.2, 0.25) is 5.02 Å². The van der Waals surface area contributed by atoms with Crippen LogP contribution in [-0.4, -0.2) is 15.0 Å². The third-order valence-electron chi connectivity index (χ3n) is 1.90. The Kier molecular flexibility index (Phi) is 3.65. The van der Waals surface area contributed by atoms with Gasteiger partial charge in [-0.25, -0.2) is 0 Å². The zero-order valence-corrected chi connectivity index (χ0v) is 10.4. The first-order valence-electron chi connectivity index (χ1n) is 4.78. The number of hydrogen-bond donors (Lipinski definition) is 2. The summed E-state index contributed by atoms with van der Waals surface area (Å²) in [4.78, 5) is 12.8. The Bertz CT molecular complexity index is 496. The second-order valence-electron chi connectivity index (χ2n) is 3.21. The van der Waals surface area contributed by atoms with Gasteiger partial charge >= 0.3 is 0 Å². The Balaban J connectivity index is 2.04. The molecule has 0 saturated heterocycles. The van der Waals surface area contributed by atoms with Crippen LogP contribution in [0, 0.1) is 0 Å². The van der Waals surface area contributed by atoms with Crippen molar-refractivity contribution in [2.24, 2.45) is 0 Å². The largest absolute Gasteiger partial charge is 0.368 e. The smallest absolute Gasteiger partial charge is 0.225 e. The molecular weight excluding hydrogens is 258 g/mol. The molecule has 0 fully saturated rings. The summed E-state index contributed by atoms with van der Waals surface area (Å²) < 4.78 is 0. The number of hydrogen-bond acceptors (Lipinski definition) is 6. The highest BCUT2D eigenvalue weighted by Gasteiger charge is 2.03. The van der Waals surface area contributed by atoms with E-state index in [0.29, 0.717) is 16.6 Å².